The summed E-state index contributed by atoms with van der Waals surface area (Å²) in [5.74, 6) is -0.0713. The van der Waals surface area contributed by atoms with E-state index in [1.54, 1.807) is 0 Å². The molecule has 0 saturated heterocycles. The highest BCUT2D eigenvalue weighted by atomic mass is 79.9. The van der Waals surface area contributed by atoms with E-state index >= 15 is 0 Å². The predicted molar refractivity (Wildman–Crippen MR) is 86.1 cm³/mol. The third-order valence-electron chi connectivity index (χ3n) is 3.42. The largest absolute Gasteiger partial charge is 0.399 e. The molecule has 4 heteroatoms. The van der Waals surface area contributed by atoms with Gasteiger partial charge in [-0.2, -0.15) is 0 Å². The minimum Gasteiger partial charge on any atom is -0.399 e. The average molecular weight is 329 g/mol. The van der Waals surface area contributed by atoms with Crippen LogP contribution in [0.15, 0.2) is 46.9 Å². The van der Waals surface area contributed by atoms with Gasteiger partial charge in [0.05, 0.1) is 5.57 Å². The summed E-state index contributed by atoms with van der Waals surface area (Å²) in [5.41, 5.74) is 10.9. The van der Waals surface area contributed by atoms with Gasteiger partial charge in [0.15, 0.2) is 0 Å². The maximum atomic E-state index is 12.2. The Balaban J connectivity index is 2.21. The molecule has 1 heterocycles. The lowest BCUT2D eigenvalue weighted by Crippen LogP contribution is -2.05. The van der Waals surface area contributed by atoms with Crippen LogP contribution in [0.5, 0.6) is 0 Å². The van der Waals surface area contributed by atoms with E-state index in [9.17, 15) is 4.79 Å². The summed E-state index contributed by atoms with van der Waals surface area (Å²) >= 11 is 3.45. The second-order valence-electron chi connectivity index (χ2n) is 4.77. The standard InChI is InChI=1S/C16H13BrN2O/c1-9(10-3-2-4-12(18)7-10)15-13-8-11(17)5-6-14(13)19-16(15)20/h2-8H,18H2,1H3,(H,19,20). The Labute approximate surface area is 125 Å². The van der Waals surface area contributed by atoms with Crippen molar-refractivity contribution in [3.8, 4) is 0 Å². The first kappa shape index (κ1) is 12.9. The molecular formula is C16H13BrN2O. The first-order valence-electron chi connectivity index (χ1n) is 6.24. The number of hydrogen-bond acceptors (Lipinski definition) is 2. The van der Waals surface area contributed by atoms with Crippen molar-refractivity contribution < 1.29 is 4.79 Å². The van der Waals surface area contributed by atoms with Gasteiger partial charge < -0.3 is 11.1 Å². The van der Waals surface area contributed by atoms with Gasteiger partial charge in [0.2, 0.25) is 0 Å². The van der Waals surface area contributed by atoms with Gasteiger partial charge in [0.25, 0.3) is 5.91 Å². The highest BCUT2D eigenvalue weighted by Crippen LogP contribution is 2.38. The van der Waals surface area contributed by atoms with Crippen LogP contribution in [-0.4, -0.2) is 5.91 Å². The van der Waals surface area contributed by atoms with Gasteiger partial charge in [-0.3, -0.25) is 4.79 Å². The maximum absolute atomic E-state index is 12.2. The zero-order chi connectivity index (χ0) is 14.3. The van der Waals surface area contributed by atoms with Gasteiger partial charge in [-0.15, -0.1) is 0 Å². The van der Waals surface area contributed by atoms with E-state index in [-0.39, 0.29) is 5.91 Å². The third kappa shape index (κ3) is 2.12. The van der Waals surface area contributed by atoms with Crippen LogP contribution in [-0.2, 0) is 4.79 Å². The number of fused-ring (bicyclic) bond motifs is 1. The lowest BCUT2D eigenvalue weighted by Gasteiger charge is -2.07. The highest BCUT2D eigenvalue weighted by Gasteiger charge is 2.26. The molecule has 2 aromatic rings. The van der Waals surface area contributed by atoms with Crippen LogP contribution in [0.25, 0.3) is 11.1 Å². The summed E-state index contributed by atoms with van der Waals surface area (Å²) in [7, 11) is 0. The number of allylic oxidation sites excluding steroid dienone is 1. The number of benzene rings is 2. The summed E-state index contributed by atoms with van der Waals surface area (Å²) in [6.45, 7) is 1.94. The van der Waals surface area contributed by atoms with Crippen LogP contribution in [0.3, 0.4) is 0 Å². The van der Waals surface area contributed by atoms with Crippen LogP contribution >= 0.6 is 15.9 Å². The van der Waals surface area contributed by atoms with E-state index in [0.29, 0.717) is 11.3 Å². The van der Waals surface area contributed by atoms with Gasteiger partial charge in [-0.05, 0) is 48.4 Å². The molecular weight excluding hydrogens is 316 g/mol. The van der Waals surface area contributed by atoms with Crippen LogP contribution in [0.1, 0.15) is 18.1 Å². The van der Waals surface area contributed by atoms with E-state index in [1.165, 1.54) is 0 Å². The fourth-order valence-electron chi connectivity index (χ4n) is 2.43. The number of anilines is 2. The first-order valence-corrected chi connectivity index (χ1v) is 7.03. The molecule has 0 aliphatic carbocycles. The molecule has 1 amide bonds. The number of halogens is 1. The molecule has 0 atom stereocenters. The van der Waals surface area contributed by atoms with Crippen molar-refractivity contribution in [1.29, 1.82) is 0 Å². The zero-order valence-electron chi connectivity index (χ0n) is 10.9. The average Bonchev–Trinajstić information content (AvgIpc) is 2.73. The molecule has 3 N–H and O–H groups in total. The summed E-state index contributed by atoms with van der Waals surface area (Å²) in [4.78, 5) is 12.2. The number of rotatable bonds is 1. The smallest absolute Gasteiger partial charge is 0.256 e. The quantitative estimate of drug-likeness (QED) is 0.615. The zero-order valence-corrected chi connectivity index (χ0v) is 12.5. The number of amides is 1. The van der Waals surface area contributed by atoms with Crippen LogP contribution in [0.2, 0.25) is 0 Å². The molecule has 20 heavy (non-hydrogen) atoms. The second kappa shape index (κ2) is 4.80. The van der Waals surface area contributed by atoms with Crippen molar-refractivity contribution in [3.05, 3.63) is 58.1 Å². The molecule has 1 aliphatic rings. The Bertz CT molecular complexity index is 750. The lowest BCUT2D eigenvalue weighted by atomic mass is 9.96. The van der Waals surface area contributed by atoms with Crippen molar-refractivity contribution in [3.63, 3.8) is 0 Å². The molecule has 0 aromatic heterocycles. The molecule has 1 aliphatic heterocycles. The molecule has 0 radical (unpaired) electrons. The Morgan fingerprint density at radius 3 is 2.75 bits per heavy atom. The normalized spacial score (nSPS) is 15.8. The van der Waals surface area contributed by atoms with E-state index in [1.807, 2.05) is 49.4 Å². The Morgan fingerprint density at radius 2 is 2.00 bits per heavy atom. The number of carbonyl (C=O) groups excluding carboxylic acids is 1. The fourth-order valence-corrected chi connectivity index (χ4v) is 2.79. The molecule has 0 saturated carbocycles. The maximum Gasteiger partial charge on any atom is 0.256 e. The van der Waals surface area contributed by atoms with Crippen LogP contribution in [0, 0.1) is 0 Å². The molecule has 0 unspecified atom stereocenters. The molecule has 0 bridgehead atoms. The Morgan fingerprint density at radius 1 is 1.20 bits per heavy atom. The van der Waals surface area contributed by atoms with Gasteiger partial charge >= 0.3 is 0 Å². The first-order chi connectivity index (χ1) is 9.56. The van der Waals surface area contributed by atoms with Crippen LogP contribution in [0.4, 0.5) is 11.4 Å². The number of carbonyl (C=O) groups is 1. The van der Waals surface area contributed by atoms with Crippen molar-refractivity contribution in [2.75, 3.05) is 11.1 Å². The number of nitrogens with one attached hydrogen (secondary N) is 1. The third-order valence-corrected chi connectivity index (χ3v) is 3.91. The lowest BCUT2D eigenvalue weighted by molar-refractivity contribution is -0.110. The Kier molecular flexibility index (Phi) is 3.10. The van der Waals surface area contributed by atoms with Gasteiger partial charge in [0.1, 0.15) is 0 Å². The molecule has 100 valence electrons. The van der Waals surface area contributed by atoms with Gasteiger partial charge in [-0.1, -0.05) is 28.1 Å². The SMILES string of the molecule is CC(=C1C(=O)Nc2ccc(Br)cc21)c1cccc(N)c1. The fraction of sp³-hybridized carbons (Fsp3) is 0.0625. The number of nitrogen functional groups attached to an aromatic ring is 1. The number of hydrogen-bond donors (Lipinski definition) is 2. The minimum atomic E-state index is -0.0713. The molecule has 2 aromatic carbocycles. The molecule has 0 fully saturated rings. The Hall–Kier alpha value is -2.07. The summed E-state index contributed by atoms with van der Waals surface area (Å²) < 4.78 is 0.950. The van der Waals surface area contributed by atoms with Gasteiger partial charge in [0, 0.05) is 21.4 Å². The monoisotopic (exact) mass is 328 g/mol. The molecule has 3 rings (SSSR count). The van der Waals surface area contributed by atoms with Crippen molar-refractivity contribution in [2.24, 2.45) is 0 Å². The topological polar surface area (TPSA) is 55.1 Å². The summed E-state index contributed by atoms with van der Waals surface area (Å²) in [6.07, 6.45) is 0. The molecule has 0 spiro atoms. The van der Waals surface area contributed by atoms with E-state index in [2.05, 4.69) is 21.2 Å². The van der Waals surface area contributed by atoms with E-state index in [0.717, 1.165) is 26.9 Å². The van der Waals surface area contributed by atoms with E-state index < -0.39 is 0 Å². The highest BCUT2D eigenvalue weighted by molar-refractivity contribution is 9.10. The van der Waals surface area contributed by atoms with Crippen molar-refractivity contribution in [2.45, 2.75) is 6.92 Å². The van der Waals surface area contributed by atoms with Crippen LogP contribution < -0.4 is 11.1 Å². The summed E-state index contributed by atoms with van der Waals surface area (Å²) in [5, 5.41) is 2.89. The van der Waals surface area contributed by atoms with E-state index in [4.69, 9.17) is 5.73 Å². The van der Waals surface area contributed by atoms with Gasteiger partial charge in [-0.25, -0.2) is 0 Å². The number of nitrogens with two attached hydrogens (primary N) is 1. The van der Waals surface area contributed by atoms with Crippen molar-refractivity contribution in [1.82, 2.24) is 0 Å². The van der Waals surface area contributed by atoms with Crippen molar-refractivity contribution >= 4 is 44.4 Å². The predicted octanol–water partition coefficient (Wildman–Crippen LogP) is 3.91. The molecule has 3 nitrogen and oxygen atoms in total. The second-order valence-corrected chi connectivity index (χ2v) is 5.69. The summed E-state index contributed by atoms with van der Waals surface area (Å²) in [6, 6.07) is 13.3. The minimum absolute atomic E-state index is 0.0713.